The lowest BCUT2D eigenvalue weighted by Gasteiger charge is -2.12. The molecule has 0 aliphatic heterocycles. The highest BCUT2D eigenvalue weighted by Gasteiger charge is 2.15. The second-order valence-corrected chi connectivity index (χ2v) is 9.03. The Morgan fingerprint density at radius 1 is 0.425 bits per heavy atom. The van der Waals surface area contributed by atoms with Crippen LogP contribution in [0, 0.1) is 0 Å². The minimum Gasteiger partial charge on any atom is -0.423 e. The Labute approximate surface area is 230 Å². The maximum atomic E-state index is 12.8. The summed E-state index contributed by atoms with van der Waals surface area (Å²) in [5.74, 6) is -0.584. The van der Waals surface area contributed by atoms with Crippen LogP contribution >= 0.6 is 0 Å². The van der Waals surface area contributed by atoms with E-state index in [2.05, 4.69) is 0 Å². The number of hydrogen-bond donors (Lipinski definition) is 4. The summed E-state index contributed by atoms with van der Waals surface area (Å²) in [6, 6.07) is 30.4. The zero-order valence-corrected chi connectivity index (χ0v) is 21.3. The van der Waals surface area contributed by atoms with E-state index in [1.807, 2.05) is 36.4 Å². The van der Waals surface area contributed by atoms with Crippen molar-refractivity contribution in [3.63, 3.8) is 0 Å². The molecule has 0 atom stereocenters. The average Bonchev–Trinajstić information content (AvgIpc) is 2.96. The first kappa shape index (κ1) is 25.9. The van der Waals surface area contributed by atoms with Gasteiger partial charge in [-0.15, -0.1) is 0 Å². The summed E-state index contributed by atoms with van der Waals surface area (Å²) in [7, 11) is 0. The summed E-state index contributed by atoms with van der Waals surface area (Å²) in [6.45, 7) is 0. The van der Waals surface area contributed by atoms with Crippen molar-refractivity contribution < 1.29 is 19.1 Å². The van der Waals surface area contributed by atoms with Crippen molar-refractivity contribution >= 4 is 34.7 Å². The maximum absolute atomic E-state index is 12.8. The first-order valence-electron chi connectivity index (χ1n) is 12.3. The molecule has 0 bridgehead atoms. The van der Waals surface area contributed by atoms with Crippen LogP contribution in [-0.2, 0) is 0 Å². The minimum absolute atomic E-state index is 0.253. The van der Waals surface area contributed by atoms with Crippen molar-refractivity contribution in [3.8, 4) is 33.8 Å². The second kappa shape index (κ2) is 10.9. The third-order valence-corrected chi connectivity index (χ3v) is 6.33. The van der Waals surface area contributed by atoms with Crippen LogP contribution in [0.5, 0.6) is 11.5 Å². The topological polar surface area (TPSA) is 157 Å². The zero-order valence-electron chi connectivity index (χ0n) is 21.3. The number of ether oxygens (including phenoxy) is 2. The van der Waals surface area contributed by atoms with Crippen molar-refractivity contribution in [3.05, 3.63) is 120 Å². The Balaban J connectivity index is 1.29. The van der Waals surface area contributed by atoms with E-state index >= 15 is 0 Å². The van der Waals surface area contributed by atoms with Crippen LogP contribution < -0.4 is 32.4 Å². The number of carbonyl (C=O) groups is 2. The number of benzene rings is 5. The van der Waals surface area contributed by atoms with Gasteiger partial charge in [-0.05, 0) is 72.8 Å². The van der Waals surface area contributed by atoms with Gasteiger partial charge in [0.15, 0.2) is 0 Å². The molecule has 0 saturated carbocycles. The molecule has 5 aromatic carbocycles. The molecule has 0 aliphatic rings. The molecule has 0 radical (unpaired) electrons. The Bertz CT molecular complexity index is 1600. The fraction of sp³-hybridized carbons (Fsp3) is 0. The molecule has 0 spiro atoms. The van der Waals surface area contributed by atoms with E-state index in [4.69, 9.17) is 32.4 Å². The van der Waals surface area contributed by atoms with E-state index in [0.29, 0.717) is 45.4 Å². The van der Waals surface area contributed by atoms with Crippen LogP contribution in [-0.4, -0.2) is 11.9 Å². The minimum atomic E-state index is -0.597. The molecule has 0 amide bonds. The Morgan fingerprint density at radius 3 is 1.15 bits per heavy atom. The van der Waals surface area contributed by atoms with Crippen LogP contribution in [0.25, 0.3) is 22.3 Å². The molecule has 0 saturated heterocycles. The van der Waals surface area contributed by atoms with Gasteiger partial charge >= 0.3 is 11.9 Å². The average molecular weight is 531 g/mol. The molecular weight excluding hydrogens is 504 g/mol. The fourth-order valence-electron chi connectivity index (χ4n) is 4.22. The van der Waals surface area contributed by atoms with Crippen LogP contribution in [0.4, 0.5) is 22.7 Å². The van der Waals surface area contributed by atoms with Gasteiger partial charge in [0, 0.05) is 45.0 Å². The van der Waals surface area contributed by atoms with Crippen molar-refractivity contribution in [2.45, 2.75) is 0 Å². The number of para-hydroxylation sites is 2. The molecule has 8 nitrogen and oxygen atoms in total. The summed E-state index contributed by atoms with van der Waals surface area (Å²) in [5.41, 5.74) is 29.8. The number of hydrogen-bond acceptors (Lipinski definition) is 8. The van der Waals surface area contributed by atoms with Gasteiger partial charge in [-0.1, -0.05) is 36.4 Å². The summed E-state index contributed by atoms with van der Waals surface area (Å²) >= 11 is 0. The molecule has 0 heterocycles. The Morgan fingerprint density at radius 2 is 0.775 bits per heavy atom. The maximum Gasteiger partial charge on any atom is 0.343 e. The molecule has 0 unspecified atom stereocenters. The number of esters is 2. The molecule has 0 fully saturated rings. The van der Waals surface area contributed by atoms with E-state index < -0.39 is 11.9 Å². The van der Waals surface area contributed by atoms with Gasteiger partial charge in [-0.3, -0.25) is 0 Å². The van der Waals surface area contributed by atoms with Gasteiger partial charge in [0.1, 0.15) is 11.5 Å². The van der Waals surface area contributed by atoms with Gasteiger partial charge in [0.05, 0.1) is 11.1 Å². The highest BCUT2D eigenvalue weighted by atomic mass is 16.5. The SMILES string of the molecule is Nc1ccccc1-c1cc(OC(=O)c2ccc(C(=O)Oc3ccc(N)c(-c4ccccc4N)c3)cc2)ccc1N. The van der Waals surface area contributed by atoms with Crippen LogP contribution in [0.1, 0.15) is 20.7 Å². The third-order valence-electron chi connectivity index (χ3n) is 6.33. The van der Waals surface area contributed by atoms with Gasteiger partial charge in [0.25, 0.3) is 0 Å². The highest BCUT2D eigenvalue weighted by molar-refractivity contribution is 5.95. The van der Waals surface area contributed by atoms with Crippen molar-refractivity contribution in [2.75, 3.05) is 22.9 Å². The van der Waals surface area contributed by atoms with E-state index in [0.717, 1.165) is 11.1 Å². The first-order valence-corrected chi connectivity index (χ1v) is 12.3. The molecule has 198 valence electrons. The van der Waals surface area contributed by atoms with E-state index in [1.54, 1.807) is 48.5 Å². The van der Waals surface area contributed by atoms with Gasteiger partial charge < -0.3 is 32.4 Å². The zero-order chi connectivity index (χ0) is 28.2. The van der Waals surface area contributed by atoms with Crippen molar-refractivity contribution in [1.82, 2.24) is 0 Å². The predicted octanol–water partition coefficient (Wildman–Crippen LogP) is 5.79. The Hall–Kier alpha value is -5.76. The summed E-state index contributed by atoms with van der Waals surface area (Å²) in [6.07, 6.45) is 0. The van der Waals surface area contributed by atoms with Crippen LogP contribution in [0.3, 0.4) is 0 Å². The largest absolute Gasteiger partial charge is 0.423 e. The molecule has 5 rings (SSSR count). The lowest BCUT2D eigenvalue weighted by atomic mass is 10.0. The summed E-state index contributed by atoms with van der Waals surface area (Å²) < 4.78 is 11.1. The molecule has 8 heteroatoms. The molecule has 5 aromatic rings. The first-order chi connectivity index (χ1) is 19.3. The van der Waals surface area contributed by atoms with Gasteiger partial charge in [-0.2, -0.15) is 0 Å². The molecule has 0 aliphatic carbocycles. The highest BCUT2D eigenvalue weighted by Crippen LogP contribution is 2.35. The number of rotatable bonds is 6. The molecule has 8 N–H and O–H groups in total. The number of anilines is 4. The third kappa shape index (κ3) is 5.41. The number of nitrogens with two attached hydrogens (primary N) is 4. The van der Waals surface area contributed by atoms with Gasteiger partial charge in [-0.25, -0.2) is 9.59 Å². The molecule has 40 heavy (non-hydrogen) atoms. The Kier molecular flexibility index (Phi) is 7.07. The van der Waals surface area contributed by atoms with E-state index in [9.17, 15) is 9.59 Å². The van der Waals surface area contributed by atoms with Crippen LogP contribution in [0.15, 0.2) is 109 Å². The van der Waals surface area contributed by atoms with Crippen LogP contribution in [0.2, 0.25) is 0 Å². The molecule has 0 aromatic heterocycles. The van der Waals surface area contributed by atoms with E-state index in [-0.39, 0.29) is 11.1 Å². The van der Waals surface area contributed by atoms with E-state index in [1.165, 1.54) is 24.3 Å². The normalized spacial score (nSPS) is 10.6. The number of nitrogen functional groups attached to an aromatic ring is 4. The predicted molar refractivity (Wildman–Crippen MR) is 158 cm³/mol. The lowest BCUT2D eigenvalue weighted by Crippen LogP contribution is -2.11. The van der Waals surface area contributed by atoms with Crippen molar-refractivity contribution in [2.24, 2.45) is 0 Å². The number of carbonyl (C=O) groups excluding carboxylic acids is 2. The lowest BCUT2D eigenvalue weighted by molar-refractivity contribution is 0.0720. The monoisotopic (exact) mass is 530 g/mol. The summed E-state index contributed by atoms with van der Waals surface area (Å²) in [5, 5.41) is 0. The second-order valence-electron chi connectivity index (χ2n) is 9.03. The van der Waals surface area contributed by atoms with Crippen molar-refractivity contribution in [1.29, 1.82) is 0 Å². The smallest absolute Gasteiger partial charge is 0.343 e. The molecular formula is C32H26N4O4. The van der Waals surface area contributed by atoms with Gasteiger partial charge in [0.2, 0.25) is 0 Å². The standard InChI is InChI=1S/C32H26N4O4/c33-27-7-3-1-5-23(27)25-17-21(13-15-29(25)35)39-31(37)19-9-11-20(12-10-19)32(38)40-22-14-16-30(36)26(18-22)24-6-2-4-8-28(24)34/h1-18H,33-36H2. The fourth-order valence-corrected chi connectivity index (χ4v) is 4.22. The summed E-state index contributed by atoms with van der Waals surface area (Å²) in [4.78, 5) is 25.6. The quantitative estimate of drug-likeness (QED) is 0.122.